The first kappa shape index (κ1) is 10.3. The number of aliphatic hydroxyl groups excluding tert-OH is 4. The van der Waals surface area contributed by atoms with Crippen LogP contribution in [0.3, 0.4) is 0 Å². The lowest BCUT2D eigenvalue weighted by atomic mass is 9.97. The van der Waals surface area contributed by atoms with Crippen molar-refractivity contribution in [2.75, 3.05) is 7.11 Å². The van der Waals surface area contributed by atoms with E-state index < -0.39 is 36.3 Å². The van der Waals surface area contributed by atoms with Crippen molar-refractivity contribution in [3.63, 3.8) is 0 Å². The second-order valence-electron chi connectivity index (χ2n) is 3.82. The molecule has 1 spiro atoms. The maximum atomic E-state index is 9.57. The number of hydrogen-bond acceptors (Lipinski definition) is 6. The van der Waals surface area contributed by atoms with Crippen LogP contribution in [0.2, 0.25) is 0 Å². The second kappa shape index (κ2) is 3.13. The minimum atomic E-state index is -1.36. The van der Waals surface area contributed by atoms with Crippen molar-refractivity contribution < 1.29 is 29.9 Å². The summed E-state index contributed by atoms with van der Waals surface area (Å²) in [5.74, 6) is 0. The molecule has 2 fully saturated rings. The van der Waals surface area contributed by atoms with Gasteiger partial charge in [0.1, 0.15) is 23.9 Å². The zero-order valence-corrected chi connectivity index (χ0v) is 7.70. The Balaban J connectivity index is 2.16. The standard InChI is InChI=1S/C8H14O6/c1-13-7-5(11)4(10)6(12)8(14-7)2-3(8)9/h3-7,9-12H,2H2,1H3/t3?,4-,5+,6+,7+,8-/m1/s1. The average molecular weight is 206 g/mol. The van der Waals surface area contributed by atoms with Gasteiger partial charge in [-0.1, -0.05) is 0 Å². The van der Waals surface area contributed by atoms with Gasteiger partial charge >= 0.3 is 0 Å². The average Bonchev–Trinajstić information content (AvgIpc) is 2.81. The summed E-state index contributed by atoms with van der Waals surface area (Å²) in [5, 5.41) is 37.8. The fourth-order valence-electron chi connectivity index (χ4n) is 1.87. The van der Waals surface area contributed by atoms with E-state index in [-0.39, 0.29) is 6.42 Å². The monoisotopic (exact) mass is 206 g/mol. The van der Waals surface area contributed by atoms with Gasteiger partial charge in [-0.3, -0.25) is 0 Å². The van der Waals surface area contributed by atoms with Crippen LogP contribution < -0.4 is 0 Å². The molecule has 0 aromatic rings. The lowest BCUT2D eigenvalue weighted by molar-refractivity contribution is -0.305. The molecule has 6 heteroatoms. The second-order valence-corrected chi connectivity index (χ2v) is 3.82. The third kappa shape index (κ3) is 1.19. The number of hydrogen-bond donors (Lipinski definition) is 4. The smallest absolute Gasteiger partial charge is 0.186 e. The van der Waals surface area contributed by atoms with Gasteiger partial charge in [0.15, 0.2) is 6.29 Å². The van der Waals surface area contributed by atoms with Gasteiger partial charge in [0, 0.05) is 13.5 Å². The predicted molar refractivity (Wildman–Crippen MR) is 43.3 cm³/mol. The lowest BCUT2D eigenvalue weighted by Crippen LogP contribution is -2.60. The highest BCUT2D eigenvalue weighted by Crippen LogP contribution is 2.48. The van der Waals surface area contributed by atoms with E-state index in [1.165, 1.54) is 7.11 Å². The molecule has 82 valence electrons. The molecule has 1 saturated carbocycles. The van der Waals surface area contributed by atoms with Crippen molar-refractivity contribution >= 4 is 0 Å². The van der Waals surface area contributed by atoms with Crippen LogP contribution in [0.15, 0.2) is 0 Å². The van der Waals surface area contributed by atoms with Gasteiger partial charge < -0.3 is 29.9 Å². The Morgan fingerprint density at radius 3 is 2.21 bits per heavy atom. The molecule has 0 aromatic heterocycles. The highest BCUT2D eigenvalue weighted by atomic mass is 16.7. The van der Waals surface area contributed by atoms with Crippen LogP contribution in [0.4, 0.5) is 0 Å². The topological polar surface area (TPSA) is 99.4 Å². The molecule has 1 saturated heterocycles. The number of aliphatic hydroxyl groups is 4. The van der Waals surface area contributed by atoms with Crippen LogP contribution in [0.1, 0.15) is 6.42 Å². The van der Waals surface area contributed by atoms with Gasteiger partial charge in [-0.05, 0) is 0 Å². The van der Waals surface area contributed by atoms with Crippen LogP contribution in [0.25, 0.3) is 0 Å². The highest BCUT2D eigenvalue weighted by Gasteiger charge is 2.67. The summed E-state index contributed by atoms with van der Waals surface area (Å²) >= 11 is 0. The summed E-state index contributed by atoms with van der Waals surface area (Å²) < 4.78 is 10.0. The fraction of sp³-hybridized carbons (Fsp3) is 1.00. The highest BCUT2D eigenvalue weighted by molar-refractivity contribution is 5.16. The largest absolute Gasteiger partial charge is 0.390 e. The van der Waals surface area contributed by atoms with E-state index in [4.69, 9.17) is 9.47 Å². The van der Waals surface area contributed by atoms with Crippen molar-refractivity contribution in [3.8, 4) is 0 Å². The Bertz CT molecular complexity index is 232. The van der Waals surface area contributed by atoms with Crippen LogP contribution in [0, 0.1) is 0 Å². The number of methoxy groups -OCH3 is 1. The zero-order chi connectivity index (χ0) is 10.5. The summed E-state index contributed by atoms with van der Waals surface area (Å²) in [6, 6.07) is 0. The molecule has 4 N–H and O–H groups in total. The molecule has 1 aliphatic heterocycles. The first-order chi connectivity index (χ1) is 6.53. The molecule has 6 nitrogen and oxygen atoms in total. The van der Waals surface area contributed by atoms with Crippen molar-refractivity contribution in [2.45, 2.75) is 42.7 Å². The van der Waals surface area contributed by atoms with Crippen molar-refractivity contribution in [3.05, 3.63) is 0 Å². The predicted octanol–water partition coefficient (Wildman–Crippen LogP) is -2.42. The van der Waals surface area contributed by atoms with E-state index in [0.717, 1.165) is 0 Å². The molecule has 1 unspecified atom stereocenters. The molecule has 1 heterocycles. The van der Waals surface area contributed by atoms with Gasteiger partial charge in [0.05, 0.1) is 6.10 Å². The SMILES string of the molecule is CO[C@H]1O[C@@]2(CC2O)[C@@H](O)[C@H](O)[C@@H]1O. The quantitative estimate of drug-likeness (QED) is 0.381. The van der Waals surface area contributed by atoms with Gasteiger partial charge in [0.25, 0.3) is 0 Å². The van der Waals surface area contributed by atoms with E-state index >= 15 is 0 Å². The van der Waals surface area contributed by atoms with E-state index in [9.17, 15) is 20.4 Å². The Morgan fingerprint density at radius 1 is 1.21 bits per heavy atom. The van der Waals surface area contributed by atoms with E-state index in [1.54, 1.807) is 0 Å². The maximum Gasteiger partial charge on any atom is 0.186 e. The van der Waals surface area contributed by atoms with E-state index in [0.29, 0.717) is 0 Å². The van der Waals surface area contributed by atoms with Crippen molar-refractivity contribution in [2.24, 2.45) is 0 Å². The Hall–Kier alpha value is -0.240. The Morgan fingerprint density at radius 2 is 1.79 bits per heavy atom. The minimum absolute atomic E-state index is 0.248. The van der Waals surface area contributed by atoms with Crippen molar-refractivity contribution in [1.82, 2.24) is 0 Å². The zero-order valence-electron chi connectivity index (χ0n) is 7.70. The van der Waals surface area contributed by atoms with Crippen LogP contribution in [0.5, 0.6) is 0 Å². The van der Waals surface area contributed by atoms with Crippen molar-refractivity contribution in [1.29, 1.82) is 0 Å². The molecule has 2 aliphatic rings. The molecule has 1 aliphatic carbocycles. The molecule has 2 rings (SSSR count). The summed E-state index contributed by atoms with van der Waals surface area (Å²) in [7, 11) is 1.32. The molecule has 6 atom stereocenters. The van der Waals surface area contributed by atoms with Crippen LogP contribution >= 0.6 is 0 Å². The Labute approximate surface area is 80.7 Å². The summed E-state index contributed by atoms with van der Waals surface area (Å²) in [5.41, 5.74) is -1.15. The molecule has 0 radical (unpaired) electrons. The molecule has 0 bridgehead atoms. The number of ether oxygens (including phenoxy) is 2. The Kier molecular flexibility index (Phi) is 2.30. The van der Waals surface area contributed by atoms with Gasteiger partial charge in [-0.25, -0.2) is 0 Å². The summed E-state index contributed by atoms with van der Waals surface area (Å²) in [6.07, 6.45) is -5.50. The van der Waals surface area contributed by atoms with Gasteiger partial charge in [-0.2, -0.15) is 0 Å². The first-order valence-corrected chi connectivity index (χ1v) is 4.46. The fourth-order valence-corrected chi connectivity index (χ4v) is 1.87. The summed E-state index contributed by atoms with van der Waals surface area (Å²) in [6.45, 7) is 0. The lowest BCUT2D eigenvalue weighted by Gasteiger charge is -2.40. The molecule has 0 amide bonds. The van der Waals surface area contributed by atoms with E-state index in [2.05, 4.69) is 0 Å². The maximum absolute atomic E-state index is 9.57. The first-order valence-electron chi connectivity index (χ1n) is 4.46. The third-order valence-electron chi connectivity index (χ3n) is 2.94. The number of rotatable bonds is 1. The molecular weight excluding hydrogens is 192 g/mol. The van der Waals surface area contributed by atoms with Crippen LogP contribution in [-0.4, -0.2) is 63.8 Å². The molecular formula is C8H14O6. The van der Waals surface area contributed by atoms with Gasteiger partial charge in [0.2, 0.25) is 0 Å². The minimum Gasteiger partial charge on any atom is -0.390 e. The molecule has 0 aromatic carbocycles. The molecule has 14 heavy (non-hydrogen) atoms. The third-order valence-corrected chi connectivity index (χ3v) is 2.94. The van der Waals surface area contributed by atoms with E-state index in [1.807, 2.05) is 0 Å². The normalized spacial score (nSPS) is 57.6. The van der Waals surface area contributed by atoms with Crippen LogP contribution in [-0.2, 0) is 9.47 Å². The summed E-state index contributed by atoms with van der Waals surface area (Å²) in [4.78, 5) is 0. The van der Waals surface area contributed by atoms with Gasteiger partial charge in [-0.15, -0.1) is 0 Å².